The summed E-state index contributed by atoms with van der Waals surface area (Å²) in [7, 11) is 0. The quantitative estimate of drug-likeness (QED) is 0.839. The zero-order valence-electron chi connectivity index (χ0n) is 11.5. The van der Waals surface area contributed by atoms with Gasteiger partial charge in [-0.2, -0.15) is 11.8 Å². The Morgan fingerprint density at radius 3 is 2.90 bits per heavy atom. The highest BCUT2D eigenvalue weighted by molar-refractivity contribution is 7.99. The summed E-state index contributed by atoms with van der Waals surface area (Å²) in [5, 5.41) is 10.8. The summed E-state index contributed by atoms with van der Waals surface area (Å²) < 4.78 is 1.98. The number of benzene rings is 1. The topological polar surface area (TPSA) is 59.8 Å². The number of hydrogen-bond donors (Lipinski definition) is 1. The molecule has 6 heteroatoms. The Hall–Kier alpha value is -1.82. The summed E-state index contributed by atoms with van der Waals surface area (Å²) >= 11 is 1.50. The van der Waals surface area contributed by atoms with E-state index in [1.165, 1.54) is 17.3 Å². The van der Waals surface area contributed by atoms with Gasteiger partial charge < -0.3 is 9.88 Å². The average Bonchev–Trinajstić information content (AvgIpc) is 2.92. The van der Waals surface area contributed by atoms with Crippen molar-refractivity contribution in [1.29, 1.82) is 0 Å². The number of thioether (sulfide) groups is 1. The second-order valence-electron chi connectivity index (χ2n) is 4.39. The lowest BCUT2D eigenvalue weighted by molar-refractivity contribution is -0.118. The van der Waals surface area contributed by atoms with E-state index in [-0.39, 0.29) is 5.91 Å². The van der Waals surface area contributed by atoms with Crippen LogP contribution in [0.1, 0.15) is 11.4 Å². The second kappa shape index (κ2) is 7.69. The molecule has 0 saturated heterocycles. The third kappa shape index (κ3) is 4.38. The van der Waals surface area contributed by atoms with Gasteiger partial charge in [-0.05, 0) is 18.2 Å². The fourth-order valence-corrected chi connectivity index (χ4v) is 2.22. The number of aryl methyl sites for hydroxylation is 2. The maximum atomic E-state index is 11.4. The fraction of sp³-hybridized carbons (Fsp3) is 0.357. The molecule has 0 spiro atoms. The van der Waals surface area contributed by atoms with Crippen LogP contribution in [0.3, 0.4) is 0 Å². The number of hydrogen-bond acceptors (Lipinski definition) is 4. The van der Waals surface area contributed by atoms with E-state index in [0.29, 0.717) is 12.3 Å². The smallest absolute Gasteiger partial charge is 0.230 e. The van der Waals surface area contributed by atoms with Crippen molar-refractivity contribution in [1.82, 2.24) is 20.1 Å². The van der Waals surface area contributed by atoms with Crippen molar-refractivity contribution in [3.8, 4) is 0 Å². The van der Waals surface area contributed by atoms with Gasteiger partial charge in [0.2, 0.25) is 5.91 Å². The Balaban J connectivity index is 1.87. The summed E-state index contributed by atoms with van der Waals surface area (Å²) in [4.78, 5) is 11.4. The van der Waals surface area contributed by atoms with E-state index >= 15 is 0 Å². The van der Waals surface area contributed by atoms with Gasteiger partial charge in [0, 0.05) is 6.54 Å². The molecule has 0 atom stereocenters. The normalized spacial score (nSPS) is 10.4. The SMILES string of the molecule is CSCC(=O)NCc1nncn1CCc1ccccc1. The minimum atomic E-state index is 0.0232. The molecule has 0 aliphatic carbocycles. The number of nitrogens with one attached hydrogen (secondary N) is 1. The van der Waals surface area contributed by atoms with E-state index in [1.54, 1.807) is 6.33 Å². The molecule has 0 bridgehead atoms. The van der Waals surface area contributed by atoms with Gasteiger partial charge in [-0.15, -0.1) is 10.2 Å². The number of rotatable bonds is 7. The molecule has 1 aromatic carbocycles. The number of carbonyl (C=O) groups excluding carboxylic acids is 1. The summed E-state index contributed by atoms with van der Waals surface area (Å²) in [5.74, 6) is 1.28. The summed E-state index contributed by atoms with van der Waals surface area (Å²) in [5.41, 5.74) is 1.28. The van der Waals surface area contributed by atoms with Crippen molar-refractivity contribution in [3.05, 3.63) is 48.0 Å². The van der Waals surface area contributed by atoms with Crippen LogP contribution in [0.5, 0.6) is 0 Å². The van der Waals surface area contributed by atoms with Gasteiger partial charge >= 0.3 is 0 Å². The van der Waals surface area contributed by atoms with E-state index in [4.69, 9.17) is 0 Å². The van der Waals surface area contributed by atoms with Crippen molar-refractivity contribution >= 4 is 17.7 Å². The Bertz CT molecular complexity index is 541. The van der Waals surface area contributed by atoms with Gasteiger partial charge in [-0.1, -0.05) is 30.3 Å². The average molecular weight is 290 g/mol. The molecule has 0 saturated carbocycles. The third-order valence-corrected chi connectivity index (χ3v) is 3.45. The largest absolute Gasteiger partial charge is 0.348 e. The summed E-state index contributed by atoms with van der Waals surface area (Å²) in [6.45, 7) is 1.24. The van der Waals surface area contributed by atoms with E-state index < -0.39 is 0 Å². The van der Waals surface area contributed by atoms with Crippen LogP contribution in [0.15, 0.2) is 36.7 Å². The Morgan fingerprint density at radius 2 is 2.15 bits per heavy atom. The maximum absolute atomic E-state index is 11.4. The molecule has 2 rings (SSSR count). The minimum absolute atomic E-state index is 0.0232. The van der Waals surface area contributed by atoms with Crippen LogP contribution in [0, 0.1) is 0 Å². The van der Waals surface area contributed by atoms with Crippen LogP contribution < -0.4 is 5.32 Å². The first kappa shape index (κ1) is 14.6. The molecule has 5 nitrogen and oxygen atoms in total. The maximum Gasteiger partial charge on any atom is 0.230 e. The number of nitrogens with zero attached hydrogens (tertiary/aromatic N) is 3. The lowest BCUT2D eigenvalue weighted by Crippen LogP contribution is -2.26. The standard InChI is InChI=1S/C14H18N4OS/c1-20-10-14(19)15-9-13-17-16-11-18(13)8-7-12-5-3-2-4-6-12/h2-6,11H,7-10H2,1H3,(H,15,19). The lowest BCUT2D eigenvalue weighted by Gasteiger charge is -2.07. The van der Waals surface area contributed by atoms with Crippen LogP contribution in [0.4, 0.5) is 0 Å². The highest BCUT2D eigenvalue weighted by atomic mass is 32.2. The monoisotopic (exact) mass is 290 g/mol. The molecular weight excluding hydrogens is 272 g/mol. The van der Waals surface area contributed by atoms with Gasteiger partial charge in [0.1, 0.15) is 6.33 Å². The fourth-order valence-electron chi connectivity index (χ4n) is 1.86. The molecule has 0 fully saturated rings. The van der Waals surface area contributed by atoms with Crippen molar-refractivity contribution in [2.75, 3.05) is 12.0 Å². The van der Waals surface area contributed by atoms with Gasteiger partial charge in [0.05, 0.1) is 12.3 Å². The van der Waals surface area contributed by atoms with Crippen LogP contribution in [0.2, 0.25) is 0 Å². The second-order valence-corrected chi connectivity index (χ2v) is 5.25. The molecular formula is C14H18N4OS. The lowest BCUT2D eigenvalue weighted by atomic mass is 10.1. The first-order valence-electron chi connectivity index (χ1n) is 6.46. The van der Waals surface area contributed by atoms with Crippen LogP contribution in [0.25, 0.3) is 0 Å². The van der Waals surface area contributed by atoms with Crippen LogP contribution in [-0.4, -0.2) is 32.7 Å². The molecule has 20 heavy (non-hydrogen) atoms. The molecule has 1 aromatic heterocycles. The highest BCUT2D eigenvalue weighted by Crippen LogP contribution is 2.03. The first-order chi connectivity index (χ1) is 9.79. The molecule has 1 N–H and O–H groups in total. The zero-order valence-corrected chi connectivity index (χ0v) is 12.3. The molecule has 1 heterocycles. The van der Waals surface area contributed by atoms with Gasteiger partial charge in [0.15, 0.2) is 5.82 Å². The van der Waals surface area contributed by atoms with Crippen molar-refractivity contribution in [2.24, 2.45) is 0 Å². The minimum Gasteiger partial charge on any atom is -0.348 e. The van der Waals surface area contributed by atoms with E-state index in [0.717, 1.165) is 18.8 Å². The van der Waals surface area contributed by atoms with Crippen LogP contribution >= 0.6 is 11.8 Å². The summed E-state index contributed by atoms with van der Waals surface area (Å²) in [6, 6.07) is 10.3. The Morgan fingerprint density at radius 1 is 1.35 bits per heavy atom. The Labute approximate surface area is 122 Å². The van der Waals surface area contributed by atoms with Crippen molar-refractivity contribution < 1.29 is 4.79 Å². The molecule has 0 unspecified atom stereocenters. The van der Waals surface area contributed by atoms with Gasteiger partial charge in [0.25, 0.3) is 0 Å². The predicted octanol–water partition coefficient (Wildman–Crippen LogP) is 1.50. The third-order valence-electron chi connectivity index (χ3n) is 2.90. The number of carbonyl (C=O) groups is 1. The predicted molar refractivity (Wildman–Crippen MR) is 80.4 cm³/mol. The van der Waals surface area contributed by atoms with E-state index in [2.05, 4.69) is 27.6 Å². The van der Waals surface area contributed by atoms with Crippen LogP contribution in [-0.2, 0) is 24.3 Å². The molecule has 0 radical (unpaired) electrons. The van der Waals surface area contributed by atoms with Gasteiger partial charge in [-0.25, -0.2) is 0 Å². The van der Waals surface area contributed by atoms with Crippen molar-refractivity contribution in [3.63, 3.8) is 0 Å². The highest BCUT2D eigenvalue weighted by Gasteiger charge is 2.06. The number of amides is 1. The number of aromatic nitrogens is 3. The zero-order chi connectivity index (χ0) is 14.2. The molecule has 0 aliphatic heterocycles. The molecule has 0 aliphatic rings. The molecule has 2 aromatic rings. The van der Waals surface area contributed by atoms with Gasteiger partial charge in [-0.3, -0.25) is 4.79 Å². The van der Waals surface area contributed by atoms with E-state index in [9.17, 15) is 4.79 Å². The van der Waals surface area contributed by atoms with Crippen molar-refractivity contribution in [2.45, 2.75) is 19.5 Å². The summed E-state index contributed by atoms with van der Waals surface area (Å²) in [6.07, 6.45) is 4.53. The Kier molecular flexibility index (Phi) is 5.61. The first-order valence-corrected chi connectivity index (χ1v) is 7.85. The molecule has 106 valence electrons. The van der Waals surface area contributed by atoms with E-state index in [1.807, 2.05) is 29.0 Å². The molecule has 1 amide bonds.